The first kappa shape index (κ1) is 9.90. The molecule has 0 amide bonds. The van der Waals surface area contributed by atoms with E-state index in [1.165, 1.54) is 12.8 Å². The van der Waals surface area contributed by atoms with Crippen molar-refractivity contribution in [3.8, 4) is 0 Å². The third kappa shape index (κ3) is 1.73. The van der Waals surface area contributed by atoms with Crippen molar-refractivity contribution in [3.05, 3.63) is 24.2 Å². The Bertz CT molecular complexity index is 366. The van der Waals surface area contributed by atoms with E-state index >= 15 is 0 Å². The monoisotopic (exact) mass is 219 g/mol. The Morgan fingerprint density at radius 1 is 1.38 bits per heavy atom. The van der Waals surface area contributed by atoms with Crippen LogP contribution in [0.3, 0.4) is 0 Å². The summed E-state index contributed by atoms with van der Waals surface area (Å²) in [6.07, 6.45) is 4.31. The summed E-state index contributed by atoms with van der Waals surface area (Å²) in [7, 11) is 0. The number of nitrogens with zero attached hydrogens (tertiary/aromatic N) is 2. The highest BCUT2D eigenvalue weighted by Gasteiger charge is 2.30. The lowest BCUT2D eigenvalue weighted by Gasteiger charge is -2.25. The smallest absolute Gasteiger partial charge is 0.128 e. The SMILES string of the molecule is c1coc(C(C2=NCCN2)N2CCCC2)c1. The van der Waals surface area contributed by atoms with Crippen LogP contribution in [0.4, 0.5) is 0 Å². The molecule has 1 atom stereocenters. The Labute approximate surface area is 95.3 Å². The molecule has 0 radical (unpaired) electrons. The van der Waals surface area contributed by atoms with E-state index in [4.69, 9.17) is 4.42 Å². The van der Waals surface area contributed by atoms with Crippen LogP contribution in [0, 0.1) is 0 Å². The Hall–Kier alpha value is -1.29. The third-order valence-corrected chi connectivity index (χ3v) is 3.28. The Morgan fingerprint density at radius 3 is 2.88 bits per heavy atom. The van der Waals surface area contributed by atoms with Gasteiger partial charge in [-0.05, 0) is 38.1 Å². The van der Waals surface area contributed by atoms with Crippen molar-refractivity contribution in [2.75, 3.05) is 26.2 Å². The average Bonchev–Trinajstić information content (AvgIpc) is 3.02. The van der Waals surface area contributed by atoms with E-state index in [1.54, 1.807) is 6.26 Å². The molecule has 3 rings (SSSR count). The van der Waals surface area contributed by atoms with Gasteiger partial charge in [0.25, 0.3) is 0 Å². The van der Waals surface area contributed by atoms with Crippen molar-refractivity contribution in [3.63, 3.8) is 0 Å². The van der Waals surface area contributed by atoms with Crippen LogP contribution in [0.25, 0.3) is 0 Å². The lowest BCUT2D eigenvalue weighted by atomic mass is 10.1. The van der Waals surface area contributed by atoms with Gasteiger partial charge in [-0.25, -0.2) is 0 Å². The van der Waals surface area contributed by atoms with Crippen LogP contribution >= 0.6 is 0 Å². The van der Waals surface area contributed by atoms with Gasteiger partial charge in [-0.2, -0.15) is 0 Å². The zero-order chi connectivity index (χ0) is 10.8. The predicted octanol–water partition coefficient (Wildman–Crippen LogP) is 1.42. The highest BCUT2D eigenvalue weighted by Crippen LogP contribution is 2.26. The first-order valence-corrected chi connectivity index (χ1v) is 6.01. The van der Waals surface area contributed by atoms with Gasteiger partial charge < -0.3 is 9.73 Å². The van der Waals surface area contributed by atoms with Gasteiger partial charge in [0.05, 0.1) is 12.8 Å². The number of aliphatic imine (C=N–C) groups is 1. The minimum atomic E-state index is 0.208. The molecule has 1 fully saturated rings. The maximum Gasteiger partial charge on any atom is 0.128 e. The van der Waals surface area contributed by atoms with Gasteiger partial charge in [-0.1, -0.05) is 0 Å². The summed E-state index contributed by atoms with van der Waals surface area (Å²) in [6, 6.07) is 4.21. The van der Waals surface area contributed by atoms with Gasteiger partial charge in [-0.3, -0.25) is 9.89 Å². The molecule has 1 saturated heterocycles. The minimum Gasteiger partial charge on any atom is -0.467 e. The molecule has 2 aliphatic rings. The number of furan rings is 1. The Morgan fingerprint density at radius 2 is 2.25 bits per heavy atom. The summed E-state index contributed by atoms with van der Waals surface area (Å²) >= 11 is 0. The average molecular weight is 219 g/mol. The quantitative estimate of drug-likeness (QED) is 0.835. The predicted molar refractivity (Wildman–Crippen MR) is 62.6 cm³/mol. The molecular formula is C12H17N3O. The van der Waals surface area contributed by atoms with Crippen LogP contribution in [-0.2, 0) is 0 Å². The minimum absolute atomic E-state index is 0.208. The van der Waals surface area contributed by atoms with Crippen LogP contribution in [-0.4, -0.2) is 36.9 Å². The van der Waals surface area contributed by atoms with Gasteiger partial charge in [0.2, 0.25) is 0 Å². The van der Waals surface area contributed by atoms with Gasteiger partial charge in [-0.15, -0.1) is 0 Å². The van der Waals surface area contributed by atoms with E-state index in [0.717, 1.165) is 37.8 Å². The summed E-state index contributed by atoms with van der Waals surface area (Å²) in [4.78, 5) is 6.99. The fourth-order valence-corrected chi connectivity index (χ4v) is 2.53. The number of rotatable bonds is 3. The molecule has 1 N–H and O–H groups in total. The second-order valence-electron chi connectivity index (χ2n) is 4.35. The summed E-state index contributed by atoms with van der Waals surface area (Å²) < 4.78 is 5.56. The molecule has 4 nitrogen and oxygen atoms in total. The molecule has 1 aromatic heterocycles. The summed E-state index contributed by atoms with van der Waals surface area (Å²) in [5, 5.41) is 3.37. The normalized spacial score (nSPS) is 23.1. The van der Waals surface area contributed by atoms with E-state index in [2.05, 4.69) is 15.2 Å². The molecule has 3 heterocycles. The molecule has 86 valence electrons. The molecule has 1 aromatic rings. The largest absolute Gasteiger partial charge is 0.467 e. The van der Waals surface area contributed by atoms with E-state index in [-0.39, 0.29) is 6.04 Å². The van der Waals surface area contributed by atoms with Crippen molar-refractivity contribution in [1.29, 1.82) is 0 Å². The first-order chi connectivity index (χ1) is 7.95. The molecule has 0 spiro atoms. The molecule has 0 aliphatic carbocycles. The number of hydrogen-bond acceptors (Lipinski definition) is 4. The third-order valence-electron chi connectivity index (χ3n) is 3.28. The standard InChI is InChI=1S/C12H17N3O/c1-2-8-15(7-1)11(10-4-3-9-16-10)12-13-5-6-14-12/h3-4,9,11H,1-2,5-8H2,(H,13,14). The van der Waals surface area contributed by atoms with Gasteiger partial charge in [0.1, 0.15) is 17.6 Å². The van der Waals surface area contributed by atoms with Gasteiger partial charge in [0.15, 0.2) is 0 Å². The maximum absolute atomic E-state index is 5.56. The van der Waals surface area contributed by atoms with Crippen molar-refractivity contribution in [1.82, 2.24) is 10.2 Å². The van der Waals surface area contributed by atoms with Crippen molar-refractivity contribution in [2.24, 2.45) is 4.99 Å². The van der Waals surface area contributed by atoms with Crippen molar-refractivity contribution < 1.29 is 4.42 Å². The molecule has 1 unspecified atom stereocenters. The fraction of sp³-hybridized carbons (Fsp3) is 0.583. The Balaban J connectivity index is 1.87. The summed E-state index contributed by atoms with van der Waals surface area (Å²) in [5.41, 5.74) is 0. The highest BCUT2D eigenvalue weighted by molar-refractivity contribution is 5.89. The number of hydrogen-bond donors (Lipinski definition) is 1. The van der Waals surface area contributed by atoms with E-state index in [1.807, 2.05) is 12.1 Å². The molecular weight excluding hydrogens is 202 g/mol. The van der Waals surface area contributed by atoms with E-state index in [9.17, 15) is 0 Å². The highest BCUT2D eigenvalue weighted by atomic mass is 16.3. The van der Waals surface area contributed by atoms with Crippen LogP contribution < -0.4 is 5.32 Å². The second kappa shape index (κ2) is 4.29. The van der Waals surface area contributed by atoms with Crippen molar-refractivity contribution in [2.45, 2.75) is 18.9 Å². The zero-order valence-corrected chi connectivity index (χ0v) is 9.35. The summed E-state index contributed by atoms with van der Waals surface area (Å²) in [5.74, 6) is 2.09. The molecule has 2 aliphatic heterocycles. The lowest BCUT2D eigenvalue weighted by molar-refractivity contribution is 0.268. The van der Waals surface area contributed by atoms with Crippen LogP contribution in [0.2, 0.25) is 0 Å². The molecule has 16 heavy (non-hydrogen) atoms. The van der Waals surface area contributed by atoms with Gasteiger partial charge in [0, 0.05) is 6.54 Å². The topological polar surface area (TPSA) is 40.8 Å². The zero-order valence-electron chi connectivity index (χ0n) is 9.35. The van der Waals surface area contributed by atoms with Gasteiger partial charge >= 0.3 is 0 Å². The molecule has 4 heteroatoms. The first-order valence-electron chi connectivity index (χ1n) is 6.01. The van der Waals surface area contributed by atoms with Crippen LogP contribution in [0.15, 0.2) is 27.8 Å². The molecule has 0 aromatic carbocycles. The number of nitrogens with one attached hydrogen (secondary N) is 1. The maximum atomic E-state index is 5.56. The van der Waals surface area contributed by atoms with E-state index in [0.29, 0.717) is 0 Å². The fourth-order valence-electron chi connectivity index (χ4n) is 2.53. The lowest BCUT2D eigenvalue weighted by Crippen LogP contribution is -2.37. The second-order valence-corrected chi connectivity index (χ2v) is 4.35. The van der Waals surface area contributed by atoms with Crippen molar-refractivity contribution >= 4 is 5.84 Å². The number of amidine groups is 1. The molecule has 0 bridgehead atoms. The summed E-state index contributed by atoms with van der Waals surface area (Å²) in [6.45, 7) is 4.14. The number of likely N-dealkylation sites (tertiary alicyclic amines) is 1. The Kier molecular flexibility index (Phi) is 2.66. The van der Waals surface area contributed by atoms with Crippen LogP contribution in [0.1, 0.15) is 24.6 Å². The van der Waals surface area contributed by atoms with Crippen LogP contribution in [0.5, 0.6) is 0 Å². The molecule has 0 saturated carbocycles. The van der Waals surface area contributed by atoms with E-state index < -0.39 is 0 Å².